The van der Waals surface area contributed by atoms with Crippen LogP contribution >= 0.6 is 0 Å². The zero-order chi connectivity index (χ0) is 8.97. The van der Waals surface area contributed by atoms with E-state index in [-0.39, 0.29) is 0 Å². The van der Waals surface area contributed by atoms with Gasteiger partial charge in [-0.3, -0.25) is 0 Å². The zero-order valence-corrected chi connectivity index (χ0v) is 8.21. The van der Waals surface area contributed by atoms with E-state index < -0.39 is 0 Å². The predicted octanol–water partition coefficient (Wildman–Crippen LogP) is 0.0174. The van der Waals surface area contributed by atoms with Crippen LogP contribution in [0.1, 0.15) is 19.3 Å². The Hall–Kier alpha value is -0.120. The molecule has 1 aliphatic heterocycles. The van der Waals surface area contributed by atoms with Gasteiger partial charge in [0.25, 0.3) is 0 Å². The number of nitrogens with zero attached hydrogens (tertiary/aromatic N) is 1. The third-order valence-corrected chi connectivity index (χ3v) is 2.46. The minimum absolute atomic E-state index is 0.429. The van der Waals surface area contributed by atoms with E-state index in [9.17, 15) is 0 Å². The van der Waals surface area contributed by atoms with E-state index in [0.29, 0.717) is 12.1 Å². The Morgan fingerprint density at radius 3 is 2.83 bits per heavy atom. The number of rotatable bonds is 3. The van der Waals surface area contributed by atoms with Gasteiger partial charge in [0.15, 0.2) is 0 Å². The van der Waals surface area contributed by atoms with Crippen molar-refractivity contribution in [2.45, 2.75) is 31.3 Å². The quantitative estimate of drug-likeness (QED) is 0.629. The highest BCUT2D eigenvalue weighted by atomic mass is 15.1. The molecule has 1 rings (SSSR count). The molecule has 0 aromatic rings. The molecular weight excluding hydrogens is 150 g/mol. The van der Waals surface area contributed by atoms with Crippen LogP contribution in [0.4, 0.5) is 0 Å². The van der Waals surface area contributed by atoms with Gasteiger partial charge in [-0.2, -0.15) is 0 Å². The molecule has 2 atom stereocenters. The maximum atomic E-state index is 5.88. The molecule has 3 nitrogen and oxygen atoms in total. The summed E-state index contributed by atoms with van der Waals surface area (Å²) >= 11 is 0. The summed E-state index contributed by atoms with van der Waals surface area (Å²) in [5, 5.41) is 3.50. The van der Waals surface area contributed by atoms with Crippen molar-refractivity contribution in [3.8, 4) is 0 Å². The standard InChI is InChI=1S/C9H21N3/c1-12(2)6-4-9-7-8(10)3-5-11-9/h8-9,11H,3-7,10H2,1-2H3. The third-order valence-electron chi connectivity index (χ3n) is 2.46. The van der Waals surface area contributed by atoms with Crippen LogP contribution in [0, 0.1) is 0 Å². The van der Waals surface area contributed by atoms with Gasteiger partial charge in [0.1, 0.15) is 0 Å². The van der Waals surface area contributed by atoms with E-state index in [1.807, 2.05) is 0 Å². The van der Waals surface area contributed by atoms with Gasteiger partial charge < -0.3 is 16.0 Å². The number of piperidine rings is 1. The molecule has 0 saturated carbocycles. The maximum absolute atomic E-state index is 5.88. The van der Waals surface area contributed by atoms with Crippen molar-refractivity contribution in [1.82, 2.24) is 10.2 Å². The van der Waals surface area contributed by atoms with Crippen LogP contribution in [-0.4, -0.2) is 44.2 Å². The lowest BCUT2D eigenvalue weighted by molar-refractivity contribution is 0.305. The predicted molar refractivity (Wildman–Crippen MR) is 52.2 cm³/mol. The SMILES string of the molecule is CN(C)CCC1CC(N)CCN1. The molecule has 1 saturated heterocycles. The van der Waals surface area contributed by atoms with Gasteiger partial charge in [-0.25, -0.2) is 0 Å². The van der Waals surface area contributed by atoms with E-state index >= 15 is 0 Å². The van der Waals surface area contributed by atoms with Crippen molar-refractivity contribution >= 4 is 0 Å². The minimum atomic E-state index is 0.429. The first-order valence-electron chi connectivity index (χ1n) is 4.82. The number of hydrogen-bond acceptors (Lipinski definition) is 3. The minimum Gasteiger partial charge on any atom is -0.328 e. The average molecular weight is 171 g/mol. The fourth-order valence-corrected chi connectivity index (χ4v) is 1.67. The summed E-state index contributed by atoms with van der Waals surface area (Å²) in [4.78, 5) is 2.22. The van der Waals surface area contributed by atoms with Crippen LogP contribution in [0.2, 0.25) is 0 Å². The molecule has 0 spiro atoms. The van der Waals surface area contributed by atoms with Gasteiger partial charge in [0, 0.05) is 12.1 Å². The van der Waals surface area contributed by atoms with E-state index in [4.69, 9.17) is 5.73 Å². The molecule has 2 unspecified atom stereocenters. The van der Waals surface area contributed by atoms with E-state index in [2.05, 4.69) is 24.3 Å². The molecule has 1 fully saturated rings. The molecule has 72 valence electrons. The number of hydrogen-bond donors (Lipinski definition) is 2. The zero-order valence-electron chi connectivity index (χ0n) is 8.21. The summed E-state index contributed by atoms with van der Waals surface area (Å²) in [5.74, 6) is 0. The van der Waals surface area contributed by atoms with Gasteiger partial charge in [0.2, 0.25) is 0 Å². The summed E-state index contributed by atoms with van der Waals surface area (Å²) < 4.78 is 0. The summed E-state index contributed by atoms with van der Waals surface area (Å²) in [7, 11) is 4.23. The van der Waals surface area contributed by atoms with Crippen LogP contribution in [0.15, 0.2) is 0 Å². The Morgan fingerprint density at radius 1 is 1.50 bits per heavy atom. The Kier molecular flexibility index (Phi) is 3.98. The van der Waals surface area contributed by atoms with Crippen LogP contribution < -0.4 is 11.1 Å². The first-order valence-corrected chi connectivity index (χ1v) is 4.82. The first-order chi connectivity index (χ1) is 5.68. The largest absolute Gasteiger partial charge is 0.328 e. The lowest BCUT2D eigenvalue weighted by Crippen LogP contribution is -2.44. The van der Waals surface area contributed by atoms with Crippen LogP contribution in [0.3, 0.4) is 0 Å². The van der Waals surface area contributed by atoms with Crippen LogP contribution in [0.25, 0.3) is 0 Å². The average Bonchev–Trinajstić information content (AvgIpc) is 2.01. The smallest absolute Gasteiger partial charge is 0.00939 e. The van der Waals surface area contributed by atoms with Crippen molar-refractivity contribution in [1.29, 1.82) is 0 Å². The van der Waals surface area contributed by atoms with Crippen molar-refractivity contribution in [3.63, 3.8) is 0 Å². The van der Waals surface area contributed by atoms with Crippen LogP contribution in [0.5, 0.6) is 0 Å². The molecule has 3 heteroatoms. The van der Waals surface area contributed by atoms with E-state index in [1.165, 1.54) is 6.42 Å². The third kappa shape index (κ3) is 3.52. The van der Waals surface area contributed by atoms with Gasteiger partial charge in [-0.15, -0.1) is 0 Å². The molecule has 0 aliphatic carbocycles. The summed E-state index contributed by atoms with van der Waals surface area (Å²) in [6, 6.07) is 1.08. The second-order valence-corrected chi connectivity index (χ2v) is 4.03. The highest BCUT2D eigenvalue weighted by molar-refractivity contribution is 4.80. The molecule has 0 radical (unpaired) electrons. The highest BCUT2D eigenvalue weighted by Crippen LogP contribution is 2.09. The summed E-state index contributed by atoms with van der Waals surface area (Å²) in [6.07, 6.45) is 3.51. The molecular formula is C9H21N3. The fraction of sp³-hybridized carbons (Fsp3) is 1.00. The topological polar surface area (TPSA) is 41.3 Å². The second kappa shape index (κ2) is 4.80. The Bertz CT molecular complexity index is 125. The fourth-order valence-electron chi connectivity index (χ4n) is 1.67. The lowest BCUT2D eigenvalue weighted by Gasteiger charge is -2.28. The number of nitrogens with one attached hydrogen (secondary N) is 1. The van der Waals surface area contributed by atoms with Crippen molar-refractivity contribution in [3.05, 3.63) is 0 Å². The first kappa shape index (κ1) is 9.96. The Balaban J connectivity index is 2.14. The number of nitrogens with two attached hydrogens (primary N) is 1. The monoisotopic (exact) mass is 171 g/mol. The van der Waals surface area contributed by atoms with Crippen molar-refractivity contribution < 1.29 is 0 Å². The Morgan fingerprint density at radius 2 is 2.25 bits per heavy atom. The van der Waals surface area contributed by atoms with Gasteiger partial charge >= 0.3 is 0 Å². The second-order valence-electron chi connectivity index (χ2n) is 4.03. The Labute approximate surface area is 75.3 Å². The maximum Gasteiger partial charge on any atom is 0.00939 e. The van der Waals surface area contributed by atoms with Crippen molar-refractivity contribution in [2.24, 2.45) is 5.73 Å². The molecule has 0 aromatic heterocycles. The lowest BCUT2D eigenvalue weighted by atomic mass is 9.98. The normalized spacial score (nSPS) is 31.0. The van der Waals surface area contributed by atoms with Gasteiger partial charge in [0.05, 0.1) is 0 Å². The van der Waals surface area contributed by atoms with E-state index in [0.717, 1.165) is 25.9 Å². The van der Waals surface area contributed by atoms with Crippen molar-refractivity contribution in [2.75, 3.05) is 27.2 Å². The molecule has 1 heterocycles. The summed E-state index contributed by atoms with van der Waals surface area (Å²) in [6.45, 7) is 2.25. The van der Waals surface area contributed by atoms with E-state index in [1.54, 1.807) is 0 Å². The molecule has 12 heavy (non-hydrogen) atoms. The molecule has 3 N–H and O–H groups in total. The molecule has 1 aliphatic rings. The van der Waals surface area contributed by atoms with Crippen LogP contribution in [-0.2, 0) is 0 Å². The summed E-state index contributed by atoms with van der Waals surface area (Å²) in [5.41, 5.74) is 5.88. The molecule has 0 amide bonds. The van der Waals surface area contributed by atoms with Gasteiger partial charge in [-0.05, 0) is 46.4 Å². The molecule has 0 aromatic carbocycles. The van der Waals surface area contributed by atoms with Gasteiger partial charge in [-0.1, -0.05) is 0 Å². The molecule has 0 bridgehead atoms. The highest BCUT2D eigenvalue weighted by Gasteiger charge is 2.17.